The number of rotatable bonds is 7. The summed E-state index contributed by atoms with van der Waals surface area (Å²) in [6, 6.07) is 5.54. The predicted molar refractivity (Wildman–Crippen MR) is 85.0 cm³/mol. The molecule has 0 bridgehead atoms. The maximum absolute atomic E-state index is 11.8. The van der Waals surface area contributed by atoms with E-state index in [1.54, 1.807) is 6.07 Å². The van der Waals surface area contributed by atoms with Crippen LogP contribution in [0.25, 0.3) is 0 Å². The van der Waals surface area contributed by atoms with Crippen LogP contribution in [0.15, 0.2) is 22.7 Å². The molecule has 0 spiro atoms. The van der Waals surface area contributed by atoms with Crippen molar-refractivity contribution in [3.8, 4) is 0 Å². The van der Waals surface area contributed by atoms with E-state index in [4.69, 9.17) is 10.5 Å². The third kappa shape index (κ3) is 6.24. The molecule has 1 aromatic carbocycles. The van der Waals surface area contributed by atoms with E-state index in [0.717, 1.165) is 10.0 Å². The van der Waals surface area contributed by atoms with Crippen molar-refractivity contribution >= 4 is 33.4 Å². The molecule has 7 heteroatoms. The van der Waals surface area contributed by atoms with Crippen molar-refractivity contribution in [1.29, 1.82) is 0 Å². The van der Waals surface area contributed by atoms with Crippen LogP contribution in [0, 0.1) is 6.92 Å². The van der Waals surface area contributed by atoms with Crippen LogP contribution in [-0.2, 0) is 14.3 Å². The number of hydrogen-bond acceptors (Lipinski definition) is 4. The Balaban J connectivity index is 2.42. The van der Waals surface area contributed by atoms with E-state index in [1.807, 2.05) is 19.1 Å². The number of amides is 2. The van der Waals surface area contributed by atoms with Gasteiger partial charge in [0.2, 0.25) is 11.8 Å². The van der Waals surface area contributed by atoms with Gasteiger partial charge >= 0.3 is 0 Å². The van der Waals surface area contributed by atoms with Crippen LogP contribution in [-0.4, -0.2) is 38.1 Å². The molecule has 6 nitrogen and oxygen atoms in total. The Bertz CT molecular complexity index is 504. The molecule has 0 aliphatic rings. The maximum atomic E-state index is 11.8. The van der Waals surface area contributed by atoms with E-state index in [0.29, 0.717) is 5.69 Å². The monoisotopic (exact) mass is 357 g/mol. The Kier molecular flexibility index (Phi) is 7.35. The lowest BCUT2D eigenvalue weighted by Gasteiger charge is -2.13. The fourth-order valence-electron chi connectivity index (χ4n) is 1.68. The number of carbonyl (C=O) groups excluding carboxylic acids is 2. The average Bonchev–Trinajstić information content (AvgIpc) is 2.45. The topological polar surface area (TPSA) is 93.4 Å². The van der Waals surface area contributed by atoms with Crippen LogP contribution in [0.5, 0.6) is 0 Å². The summed E-state index contributed by atoms with van der Waals surface area (Å²) < 4.78 is 5.95. The molecule has 0 saturated carbocycles. The SMILES string of the molecule is COC(CN)CC(=O)NCC(=O)Nc1ccc(Br)cc1C. The highest BCUT2D eigenvalue weighted by atomic mass is 79.9. The second-order valence-corrected chi connectivity index (χ2v) is 5.50. The van der Waals surface area contributed by atoms with Crippen molar-refractivity contribution in [3.63, 3.8) is 0 Å². The number of halogens is 1. The first-order valence-corrected chi connectivity index (χ1v) is 7.31. The zero-order chi connectivity index (χ0) is 15.8. The number of ether oxygens (including phenoxy) is 1. The summed E-state index contributed by atoms with van der Waals surface area (Å²) in [4.78, 5) is 23.4. The third-order valence-electron chi connectivity index (χ3n) is 2.92. The lowest BCUT2D eigenvalue weighted by molar-refractivity contribution is -0.125. The van der Waals surface area contributed by atoms with Crippen LogP contribution in [0.2, 0.25) is 0 Å². The van der Waals surface area contributed by atoms with Gasteiger partial charge in [-0.25, -0.2) is 0 Å². The molecule has 0 aliphatic heterocycles. The number of anilines is 1. The molecule has 116 valence electrons. The lowest BCUT2D eigenvalue weighted by Crippen LogP contribution is -2.36. The Hall–Kier alpha value is -1.44. The van der Waals surface area contributed by atoms with Crippen LogP contribution < -0.4 is 16.4 Å². The number of nitrogens with one attached hydrogen (secondary N) is 2. The second kappa shape index (κ2) is 8.76. The van der Waals surface area contributed by atoms with E-state index in [9.17, 15) is 9.59 Å². The Morgan fingerprint density at radius 3 is 2.67 bits per heavy atom. The van der Waals surface area contributed by atoms with Gasteiger partial charge in [-0.3, -0.25) is 9.59 Å². The molecule has 2 amide bonds. The largest absolute Gasteiger partial charge is 0.380 e. The quantitative estimate of drug-likeness (QED) is 0.682. The minimum Gasteiger partial charge on any atom is -0.380 e. The van der Waals surface area contributed by atoms with Crippen LogP contribution in [0.3, 0.4) is 0 Å². The van der Waals surface area contributed by atoms with E-state index < -0.39 is 0 Å². The predicted octanol–water partition coefficient (Wildman–Crippen LogP) is 1.18. The molecule has 21 heavy (non-hydrogen) atoms. The average molecular weight is 358 g/mol. The molecule has 1 rings (SSSR count). The van der Waals surface area contributed by atoms with Crippen molar-refractivity contribution in [2.45, 2.75) is 19.4 Å². The Morgan fingerprint density at radius 2 is 2.10 bits per heavy atom. The summed E-state index contributed by atoms with van der Waals surface area (Å²) in [5.74, 6) is -0.550. The molecular formula is C14H20BrN3O3. The summed E-state index contributed by atoms with van der Waals surface area (Å²) >= 11 is 3.36. The van der Waals surface area contributed by atoms with Gasteiger partial charge in [-0.2, -0.15) is 0 Å². The van der Waals surface area contributed by atoms with Crippen molar-refractivity contribution in [2.75, 3.05) is 25.5 Å². The molecule has 4 N–H and O–H groups in total. The van der Waals surface area contributed by atoms with Crippen molar-refractivity contribution in [2.24, 2.45) is 5.73 Å². The van der Waals surface area contributed by atoms with Crippen molar-refractivity contribution in [1.82, 2.24) is 5.32 Å². The summed E-state index contributed by atoms with van der Waals surface area (Å²) in [7, 11) is 1.49. The Labute approximate surface area is 132 Å². The first kappa shape index (κ1) is 17.6. The second-order valence-electron chi connectivity index (χ2n) is 4.58. The molecular weight excluding hydrogens is 338 g/mol. The van der Waals surface area contributed by atoms with Gasteiger partial charge in [0, 0.05) is 23.8 Å². The fourth-order valence-corrected chi connectivity index (χ4v) is 2.16. The van der Waals surface area contributed by atoms with Gasteiger partial charge in [0.05, 0.1) is 19.1 Å². The minimum atomic E-state index is -0.332. The fraction of sp³-hybridized carbons (Fsp3) is 0.429. The number of methoxy groups -OCH3 is 1. The van der Waals surface area contributed by atoms with Gasteiger partial charge in [0.15, 0.2) is 0 Å². The highest BCUT2D eigenvalue weighted by molar-refractivity contribution is 9.10. The summed E-state index contributed by atoms with van der Waals surface area (Å²) in [5.41, 5.74) is 7.08. The van der Waals surface area contributed by atoms with Crippen LogP contribution in [0.4, 0.5) is 5.69 Å². The first-order valence-electron chi connectivity index (χ1n) is 6.51. The van der Waals surface area contributed by atoms with Crippen LogP contribution in [0.1, 0.15) is 12.0 Å². The third-order valence-corrected chi connectivity index (χ3v) is 3.41. The van der Waals surface area contributed by atoms with E-state index in [2.05, 4.69) is 26.6 Å². The summed E-state index contributed by atoms with van der Waals surface area (Å²) in [5, 5.41) is 5.28. The zero-order valence-electron chi connectivity index (χ0n) is 12.1. The van der Waals surface area contributed by atoms with Crippen molar-refractivity contribution in [3.05, 3.63) is 28.2 Å². The van der Waals surface area contributed by atoms with Gasteiger partial charge in [0.25, 0.3) is 0 Å². The highest BCUT2D eigenvalue weighted by Gasteiger charge is 2.12. The van der Waals surface area contributed by atoms with E-state index >= 15 is 0 Å². The molecule has 1 aromatic rings. The molecule has 1 unspecified atom stereocenters. The minimum absolute atomic E-state index is 0.0880. The molecule has 0 aromatic heterocycles. The molecule has 0 heterocycles. The molecule has 0 saturated heterocycles. The number of hydrogen-bond donors (Lipinski definition) is 3. The van der Waals surface area contributed by atoms with Gasteiger partial charge in [-0.1, -0.05) is 15.9 Å². The summed E-state index contributed by atoms with van der Waals surface area (Å²) in [6.07, 6.45) is -0.195. The van der Waals surface area contributed by atoms with Crippen LogP contribution >= 0.6 is 15.9 Å². The normalized spacial score (nSPS) is 11.8. The molecule has 0 aliphatic carbocycles. The number of benzene rings is 1. The number of nitrogens with two attached hydrogens (primary N) is 1. The summed E-state index contributed by atoms with van der Waals surface area (Å²) in [6.45, 7) is 2.06. The van der Waals surface area contributed by atoms with Gasteiger partial charge in [-0.15, -0.1) is 0 Å². The molecule has 1 atom stereocenters. The van der Waals surface area contributed by atoms with Crippen molar-refractivity contribution < 1.29 is 14.3 Å². The number of aryl methyl sites for hydroxylation is 1. The van der Waals surface area contributed by atoms with Gasteiger partial charge in [0.1, 0.15) is 0 Å². The maximum Gasteiger partial charge on any atom is 0.243 e. The lowest BCUT2D eigenvalue weighted by atomic mass is 10.2. The first-order chi connectivity index (χ1) is 9.96. The number of carbonyl (C=O) groups is 2. The van der Waals surface area contributed by atoms with E-state index in [-0.39, 0.29) is 37.4 Å². The standard InChI is InChI=1S/C14H20BrN3O3/c1-9-5-10(15)3-4-12(9)18-14(20)8-17-13(19)6-11(7-16)21-2/h3-5,11H,6-8,16H2,1-2H3,(H,17,19)(H,18,20). The van der Waals surface area contributed by atoms with E-state index in [1.165, 1.54) is 7.11 Å². The Morgan fingerprint density at radius 1 is 1.38 bits per heavy atom. The van der Waals surface area contributed by atoms with Gasteiger partial charge < -0.3 is 21.1 Å². The smallest absolute Gasteiger partial charge is 0.243 e. The van der Waals surface area contributed by atoms with Gasteiger partial charge in [-0.05, 0) is 30.7 Å². The zero-order valence-corrected chi connectivity index (χ0v) is 13.7. The molecule has 0 radical (unpaired) electrons. The highest BCUT2D eigenvalue weighted by Crippen LogP contribution is 2.19. The molecule has 0 fully saturated rings.